The minimum Gasteiger partial charge on any atom is -0.478 e. The van der Waals surface area contributed by atoms with Gasteiger partial charge in [-0.1, -0.05) is 19.3 Å². The summed E-state index contributed by atoms with van der Waals surface area (Å²) in [6.45, 7) is 0. The fraction of sp³-hybridized carbons (Fsp3) is 0.429. The highest BCUT2D eigenvalue weighted by molar-refractivity contribution is 6.16. The van der Waals surface area contributed by atoms with Gasteiger partial charge >= 0.3 is 11.9 Å². The summed E-state index contributed by atoms with van der Waals surface area (Å²) in [6.07, 6.45) is 6.77. The predicted molar refractivity (Wildman–Crippen MR) is 69.7 cm³/mol. The standard InChI is InChI=1S/C14H15NO6/c16-11-8-10(21-13(19)7-6-12(17)18)14(20)15(11)9-4-2-1-3-5-9/h6-9H,1-5H2,(H,17,18)/b7-6-. The molecule has 7 nitrogen and oxygen atoms in total. The molecule has 2 amide bonds. The second-order valence-corrected chi connectivity index (χ2v) is 4.91. The summed E-state index contributed by atoms with van der Waals surface area (Å²) in [7, 11) is 0. The maximum Gasteiger partial charge on any atom is 0.336 e. The van der Waals surface area contributed by atoms with Gasteiger partial charge in [0, 0.05) is 18.2 Å². The Kier molecular flexibility index (Phi) is 4.52. The molecule has 1 N–H and O–H groups in total. The average Bonchev–Trinajstić information content (AvgIpc) is 2.72. The Balaban J connectivity index is 2.01. The van der Waals surface area contributed by atoms with Crippen molar-refractivity contribution in [2.45, 2.75) is 38.1 Å². The molecule has 0 aromatic rings. The van der Waals surface area contributed by atoms with E-state index in [0.29, 0.717) is 12.2 Å². The highest BCUT2D eigenvalue weighted by Crippen LogP contribution is 2.27. The second kappa shape index (κ2) is 6.34. The molecule has 0 bridgehead atoms. The lowest BCUT2D eigenvalue weighted by Crippen LogP contribution is -2.42. The lowest BCUT2D eigenvalue weighted by atomic mass is 9.94. The summed E-state index contributed by atoms with van der Waals surface area (Å²) >= 11 is 0. The van der Waals surface area contributed by atoms with Crippen LogP contribution in [0.2, 0.25) is 0 Å². The summed E-state index contributed by atoms with van der Waals surface area (Å²) in [5.74, 6) is -3.79. The topological polar surface area (TPSA) is 101 Å². The van der Waals surface area contributed by atoms with Gasteiger partial charge in [-0.25, -0.2) is 9.59 Å². The van der Waals surface area contributed by atoms with Gasteiger partial charge < -0.3 is 9.84 Å². The molecule has 0 unspecified atom stereocenters. The molecule has 7 heteroatoms. The highest BCUT2D eigenvalue weighted by Gasteiger charge is 2.38. The third-order valence-electron chi connectivity index (χ3n) is 3.43. The Morgan fingerprint density at radius 3 is 2.48 bits per heavy atom. The van der Waals surface area contributed by atoms with E-state index < -0.39 is 23.8 Å². The molecular weight excluding hydrogens is 278 g/mol. The van der Waals surface area contributed by atoms with E-state index in [9.17, 15) is 19.2 Å². The lowest BCUT2D eigenvalue weighted by Gasteiger charge is -2.29. The van der Waals surface area contributed by atoms with Crippen LogP contribution in [0.1, 0.15) is 32.1 Å². The number of imide groups is 1. The zero-order valence-electron chi connectivity index (χ0n) is 11.3. The molecule has 1 aliphatic heterocycles. The van der Waals surface area contributed by atoms with Gasteiger partial charge in [-0.05, 0) is 12.8 Å². The molecule has 1 saturated carbocycles. The van der Waals surface area contributed by atoms with E-state index in [0.717, 1.165) is 43.1 Å². The molecule has 0 radical (unpaired) electrons. The van der Waals surface area contributed by atoms with Crippen LogP contribution in [0.3, 0.4) is 0 Å². The third-order valence-corrected chi connectivity index (χ3v) is 3.43. The van der Waals surface area contributed by atoms with Gasteiger partial charge in [0.2, 0.25) is 5.76 Å². The predicted octanol–water partition coefficient (Wildman–Crippen LogP) is 0.756. The molecule has 1 heterocycles. The van der Waals surface area contributed by atoms with Crippen LogP contribution >= 0.6 is 0 Å². The Hall–Kier alpha value is -2.44. The zero-order chi connectivity index (χ0) is 15.4. The van der Waals surface area contributed by atoms with Gasteiger partial charge in [0.05, 0.1) is 6.08 Å². The maximum atomic E-state index is 12.1. The minimum absolute atomic E-state index is 0.152. The van der Waals surface area contributed by atoms with E-state index in [1.165, 1.54) is 0 Å². The SMILES string of the molecule is O=C(O)/C=C\C(=O)OC1=CC(=O)N(C2CCCCC2)C1=O. The minimum atomic E-state index is -1.31. The fourth-order valence-electron chi connectivity index (χ4n) is 2.50. The third kappa shape index (κ3) is 3.56. The van der Waals surface area contributed by atoms with E-state index >= 15 is 0 Å². The molecular formula is C14H15NO6. The molecule has 21 heavy (non-hydrogen) atoms. The van der Waals surface area contributed by atoms with Gasteiger partial charge in [-0.3, -0.25) is 14.5 Å². The van der Waals surface area contributed by atoms with Crippen molar-refractivity contribution >= 4 is 23.8 Å². The molecule has 1 fully saturated rings. The molecule has 0 aromatic heterocycles. The summed E-state index contributed by atoms with van der Waals surface area (Å²) < 4.78 is 4.73. The van der Waals surface area contributed by atoms with Gasteiger partial charge in [0.15, 0.2) is 0 Å². The number of esters is 1. The van der Waals surface area contributed by atoms with Gasteiger partial charge in [-0.15, -0.1) is 0 Å². The quantitative estimate of drug-likeness (QED) is 0.466. The van der Waals surface area contributed by atoms with Crippen LogP contribution in [-0.2, 0) is 23.9 Å². The molecule has 2 rings (SSSR count). The van der Waals surface area contributed by atoms with E-state index in [1.807, 2.05) is 0 Å². The van der Waals surface area contributed by atoms with Crippen LogP contribution in [-0.4, -0.2) is 39.8 Å². The van der Waals surface area contributed by atoms with Crippen LogP contribution < -0.4 is 0 Å². The normalized spacial score (nSPS) is 20.0. The maximum absolute atomic E-state index is 12.1. The van der Waals surface area contributed by atoms with Crippen LogP contribution in [0.4, 0.5) is 0 Å². The molecule has 1 aliphatic carbocycles. The Labute approximate surface area is 120 Å². The number of amides is 2. The summed E-state index contributed by atoms with van der Waals surface area (Å²) in [4.78, 5) is 46.7. The Bertz CT molecular complexity index is 542. The number of carbonyl (C=O) groups excluding carboxylic acids is 3. The molecule has 2 aliphatic rings. The van der Waals surface area contributed by atoms with E-state index in [-0.39, 0.29) is 11.8 Å². The number of carboxylic acid groups (broad SMARTS) is 1. The summed E-state index contributed by atoms with van der Waals surface area (Å²) in [5.41, 5.74) is 0. The van der Waals surface area contributed by atoms with Crippen molar-refractivity contribution < 1.29 is 29.0 Å². The molecule has 0 atom stereocenters. The van der Waals surface area contributed by atoms with Crippen molar-refractivity contribution in [1.82, 2.24) is 4.90 Å². The van der Waals surface area contributed by atoms with Crippen LogP contribution in [0.15, 0.2) is 24.0 Å². The van der Waals surface area contributed by atoms with Crippen molar-refractivity contribution in [3.05, 3.63) is 24.0 Å². The summed E-state index contributed by atoms with van der Waals surface area (Å²) in [5, 5.41) is 8.39. The van der Waals surface area contributed by atoms with Crippen LogP contribution in [0, 0.1) is 0 Å². The molecule has 112 valence electrons. The van der Waals surface area contributed by atoms with Crippen molar-refractivity contribution in [3.8, 4) is 0 Å². The molecule has 0 saturated heterocycles. The first kappa shape index (κ1) is 15.0. The number of hydrogen-bond acceptors (Lipinski definition) is 5. The smallest absolute Gasteiger partial charge is 0.336 e. The number of aliphatic carboxylic acids is 1. The first-order valence-electron chi connectivity index (χ1n) is 6.71. The van der Waals surface area contributed by atoms with Crippen LogP contribution in [0.5, 0.6) is 0 Å². The zero-order valence-corrected chi connectivity index (χ0v) is 11.3. The lowest BCUT2D eigenvalue weighted by molar-refractivity contribution is -0.146. The molecule has 0 spiro atoms. The molecule has 0 aromatic carbocycles. The van der Waals surface area contributed by atoms with E-state index in [1.54, 1.807) is 0 Å². The van der Waals surface area contributed by atoms with E-state index in [4.69, 9.17) is 9.84 Å². The number of carboxylic acids is 1. The van der Waals surface area contributed by atoms with Crippen molar-refractivity contribution in [3.63, 3.8) is 0 Å². The van der Waals surface area contributed by atoms with Gasteiger partial charge in [-0.2, -0.15) is 0 Å². The second-order valence-electron chi connectivity index (χ2n) is 4.91. The van der Waals surface area contributed by atoms with Crippen molar-refractivity contribution in [1.29, 1.82) is 0 Å². The highest BCUT2D eigenvalue weighted by atomic mass is 16.5. The monoisotopic (exact) mass is 293 g/mol. The number of hydrogen-bond donors (Lipinski definition) is 1. The largest absolute Gasteiger partial charge is 0.478 e. The number of ether oxygens (including phenoxy) is 1. The number of carbonyl (C=O) groups is 4. The first-order valence-corrected chi connectivity index (χ1v) is 6.71. The average molecular weight is 293 g/mol. The van der Waals surface area contributed by atoms with E-state index in [2.05, 4.69) is 0 Å². The summed E-state index contributed by atoms with van der Waals surface area (Å²) in [6, 6.07) is -0.152. The van der Waals surface area contributed by atoms with Gasteiger partial charge in [0.1, 0.15) is 0 Å². The Morgan fingerprint density at radius 2 is 1.86 bits per heavy atom. The van der Waals surface area contributed by atoms with Crippen molar-refractivity contribution in [2.24, 2.45) is 0 Å². The van der Waals surface area contributed by atoms with Crippen molar-refractivity contribution in [2.75, 3.05) is 0 Å². The number of nitrogens with zero attached hydrogens (tertiary/aromatic N) is 1. The first-order chi connectivity index (χ1) is 9.99. The fourth-order valence-corrected chi connectivity index (χ4v) is 2.50. The van der Waals surface area contributed by atoms with Crippen LogP contribution in [0.25, 0.3) is 0 Å². The Morgan fingerprint density at radius 1 is 1.19 bits per heavy atom. The van der Waals surface area contributed by atoms with Gasteiger partial charge in [0.25, 0.3) is 11.8 Å². The number of rotatable bonds is 4.